The number of esters is 1. The lowest BCUT2D eigenvalue weighted by molar-refractivity contribution is -0.138. The number of rotatable bonds is 6. The number of hydrogen-bond donors (Lipinski definition) is 3. The summed E-state index contributed by atoms with van der Waals surface area (Å²) in [6.45, 7) is 5.15. The molecular formula is C7H14NO5P. The first-order valence-corrected chi connectivity index (χ1v) is 5.70. The van der Waals surface area contributed by atoms with E-state index in [1.807, 2.05) is 0 Å². The van der Waals surface area contributed by atoms with Gasteiger partial charge in [-0.05, 0) is 6.92 Å². The molecule has 0 spiro atoms. The summed E-state index contributed by atoms with van der Waals surface area (Å²) in [5.41, 5.74) is 0.292. The van der Waals surface area contributed by atoms with Crippen LogP contribution >= 0.6 is 7.60 Å². The molecule has 0 saturated carbocycles. The molecule has 0 atom stereocenters. The molecule has 0 saturated heterocycles. The predicted octanol–water partition coefficient (Wildman–Crippen LogP) is -0.170. The molecule has 0 aromatic rings. The second kappa shape index (κ2) is 5.93. The van der Waals surface area contributed by atoms with Crippen molar-refractivity contribution in [3.63, 3.8) is 0 Å². The molecule has 0 aromatic carbocycles. The molecule has 0 aliphatic carbocycles. The van der Waals surface area contributed by atoms with E-state index >= 15 is 0 Å². The number of hydrogen-bond acceptors (Lipinski definition) is 4. The van der Waals surface area contributed by atoms with Crippen molar-refractivity contribution in [3.8, 4) is 0 Å². The molecular weight excluding hydrogens is 209 g/mol. The maximum atomic E-state index is 10.8. The Labute approximate surface area is 82.1 Å². The lowest BCUT2D eigenvalue weighted by Gasteiger charge is -2.06. The number of carbonyl (C=O) groups is 1. The van der Waals surface area contributed by atoms with Crippen molar-refractivity contribution in [2.45, 2.75) is 6.92 Å². The van der Waals surface area contributed by atoms with Crippen LogP contribution in [0.2, 0.25) is 0 Å². The summed E-state index contributed by atoms with van der Waals surface area (Å²) in [5, 5.41) is 2.45. The Morgan fingerprint density at radius 2 is 2.14 bits per heavy atom. The van der Waals surface area contributed by atoms with Crippen molar-refractivity contribution in [2.24, 2.45) is 0 Å². The second-order valence-electron chi connectivity index (χ2n) is 2.74. The van der Waals surface area contributed by atoms with Gasteiger partial charge in [-0.1, -0.05) is 6.58 Å². The zero-order chi connectivity index (χ0) is 11.2. The van der Waals surface area contributed by atoms with E-state index in [2.05, 4.69) is 16.6 Å². The van der Waals surface area contributed by atoms with E-state index in [1.165, 1.54) is 6.92 Å². The normalized spacial score (nSPS) is 11.1. The molecule has 0 aliphatic heterocycles. The monoisotopic (exact) mass is 223 g/mol. The molecule has 3 N–H and O–H groups in total. The van der Waals surface area contributed by atoms with Gasteiger partial charge in [0.1, 0.15) is 6.61 Å². The standard InChI is InChI=1S/C7H14NO5P/c1-6(2)7(9)13-4-3-8-5-14(10,11)12/h8H,1,3-5H2,2H3,(H2,10,11,12). The van der Waals surface area contributed by atoms with Gasteiger partial charge in [0.2, 0.25) is 0 Å². The van der Waals surface area contributed by atoms with Crippen LogP contribution in [-0.4, -0.2) is 35.2 Å². The van der Waals surface area contributed by atoms with Crippen molar-refractivity contribution in [1.29, 1.82) is 0 Å². The highest BCUT2D eigenvalue weighted by Crippen LogP contribution is 2.31. The van der Waals surface area contributed by atoms with Gasteiger partial charge in [-0.2, -0.15) is 0 Å². The minimum atomic E-state index is -4.02. The van der Waals surface area contributed by atoms with Crippen LogP contribution in [0.4, 0.5) is 0 Å². The first-order valence-electron chi connectivity index (χ1n) is 3.91. The highest BCUT2D eigenvalue weighted by atomic mass is 31.2. The third kappa shape index (κ3) is 7.94. The Kier molecular flexibility index (Phi) is 5.64. The summed E-state index contributed by atoms with van der Waals surface area (Å²) in [7, 11) is -4.02. The smallest absolute Gasteiger partial charge is 0.339 e. The fourth-order valence-corrected chi connectivity index (χ4v) is 1.01. The lowest BCUT2D eigenvalue weighted by Crippen LogP contribution is -2.22. The van der Waals surface area contributed by atoms with Gasteiger partial charge < -0.3 is 19.8 Å². The fourth-order valence-electron chi connectivity index (χ4n) is 0.564. The summed E-state index contributed by atoms with van der Waals surface area (Å²) < 4.78 is 15.0. The topological polar surface area (TPSA) is 95.9 Å². The summed E-state index contributed by atoms with van der Waals surface area (Å²) in [6.07, 6.45) is -0.419. The Bertz CT molecular complexity index is 259. The maximum Gasteiger partial charge on any atom is 0.339 e. The van der Waals surface area contributed by atoms with Gasteiger partial charge in [0.15, 0.2) is 0 Å². The van der Waals surface area contributed by atoms with Gasteiger partial charge in [-0.3, -0.25) is 4.57 Å². The van der Waals surface area contributed by atoms with E-state index in [1.54, 1.807) is 0 Å². The Morgan fingerprint density at radius 3 is 2.57 bits per heavy atom. The summed E-state index contributed by atoms with van der Waals surface area (Å²) >= 11 is 0. The minimum absolute atomic E-state index is 0.0612. The number of carbonyl (C=O) groups excluding carboxylic acids is 1. The third-order valence-electron chi connectivity index (χ3n) is 1.18. The highest BCUT2D eigenvalue weighted by Gasteiger charge is 2.11. The first-order chi connectivity index (χ1) is 6.33. The molecule has 7 heteroatoms. The summed E-state index contributed by atoms with van der Waals surface area (Å²) in [6, 6.07) is 0. The van der Waals surface area contributed by atoms with Crippen LogP contribution in [0.15, 0.2) is 12.2 Å². The largest absolute Gasteiger partial charge is 0.461 e. The van der Waals surface area contributed by atoms with Crippen molar-refractivity contribution in [2.75, 3.05) is 19.4 Å². The van der Waals surface area contributed by atoms with E-state index in [9.17, 15) is 9.36 Å². The van der Waals surface area contributed by atoms with Gasteiger partial charge in [0.25, 0.3) is 0 Å². The quantitative estimate of drug-likeness (QED) is 0.250. The SMILES string of the molecule is C=C(C)C(=O)OCCNCP(=O)(O)O. The average Bonchev–Trinajstić information content (AvgIpc) is 2.01. The van der Waals surface area contributed by atoms with E-state index < -0.39 is 19.9 Å². The van der Waals surface area contributed by atoms with E-state index in [0.29, 0.717) is 5.57 Å². The molecule has 0 amide bonds. The van der Waals surface area contributed by atoms with Crippen LogP contribution in [0.3, 0.4) is 0 Å². The van der Waals surface area contributed by atoms with Crippen LogP contribution in [0.5, 0.6) is 0 Å². The number of ether oxygens (including phenoxy) is 1. The van der Waals surface area contributed by atoms with Gasteiger partial charge in [0.05, 0.1) is 6.29 Å². The molecule has 82 valence electrons. The van der Waals surface area contributed by atoms with Crippen LogP contribution in [0.25, 0.3) is 0 Å². The molecule has 0 rings (SSSR count). The molecule has 0 unspecified atom stereocenters. The lowest BCUT2D eigenvalue weighted by atomic mass is 10.4. The van der Waals surface area contributed by atoms with E-state index in [-0.39, 0.29) is 13.2 Å². The van der Waals surface area contributed by atoms with Crippen LogP contribution in [-0.2, 0) is 14.1 Å². The highest BCUT2D eigenvalue weighted by molar-refractivity contribution is 7.51. The van der Waals surface area contributed by atoms with E-state index in [0.717, 1.165) is 0 Å². The Balaban J connectivity index is 3.44. The molecule has 0 fully saturated rings. The molecule has 6 nitrogen and oxygen atoms in total. The Morgan fingerprint density at radius 1 is 1.57 bits per heavy atom. The first kappa shape index (κ1) is 13.3. The molecule has 0 bridgehead atoms. The van der Waals surface area contributed by atoms with Crippen molar-refractivity contribution in [3.05, 3.63) is 12.2 Å². The van der Waals surface area contributed by atoms with E-state index in [4.69, 9.17) is 9.79 Å². The van der Waals surface area contributed by atoms with Crippen LogP contribution in [0.1, 0.15) is 6.92 Å². The molecule has 14 heavy (non-hydrogen) atoms. The zero-order valence-corrected chi connectivity index (χ0v) is 8.79. The van der Waals surface area contributed by atoms with Gasteiger partial charge >= 0.3 is 13.6 Å². The minimum Gasteiger partial charge on any atom is -0.461 e. The number of nitrogens with one attached hydrogen (secondary N) is 1. The summed E-state index contributed by atoms with van der Waals surface area (Å²) in [5.74, 6) is -0.511. The molecule has 0 aliphatic rings. The van der Waals surface area contributed by atoms with Gasteiger partial charge in [0, 0.05) is 12.1 Å². The molecule has 0 heterocycles. The summed E-state index contributed by atoms with van der Waals surface area (Å²) in [4.78, 5) is 27.7. The molecule has 0 aromatic heterocycles. The second-order valence-corrected chi connectivity index (χ2v) is 4.38. The Hall–Kier alpha value is -0.680. The van der Waals surface area contributed by atoms with Crippen molar-refractivity contribution < 1.29 is 23.9 Å². The fraction of sp³-hybridized carbons (Fsp3) is 0.571. The van der Waals surface area contributed by atoms with Gasteiger partial charge in [-0.15, -0.1) is 0 Å². The molecule has 0 radical (unpaired) electrons. The maximum absolute atomic E-state index is 10.8. The predicted molar refractivity (Wildman–Crippen MR) is 50.7 cm³/mol. The average molecular weight is 223 g/mol. The van der Waals surface area contributed by atoms with Crippen LogP contribution < -0.4 is 5.32 Å². The third-order valence-corrected chi connectivity index (χ3v) is 1.81. The zero-order valence-electron chi connectivity index (χ0n) is 7.89. The van der Waals surface area contributed by atoms with Crippen molar-refractivity contribution in [1.82, 2.24) is 5.32 Å². The van der Waals surface area contributed by atoms with Gasteiger partial charge in [-0.25, -0.2) is 4.79 Å². The van der Waals surface area contributed by atoms with Crippen LogP contribution in [0, 0.1) is 0 Å². The van der Waals surface area contributed by atoms with Crippen molar-refractivity contribution >= 4 is 13.6 Å².